The summed E-state index contributed by atoms with van der Waals surface area (Å²) < 4.78 is 3.85. The molecule has 0 atom stereocenters. The lowest BCUT2D eigenvalue weighted by atomic mass is 10.2. The van der Waals surface area contributed by atoms with Crippen LogP contribution in [0.15, 0.2) is 42.5 Å². The van der Waals surface area contributed by atoms with E-state index in [2.05, 4.69) is 20.5 Å². The van der Waals surface area contributed by atoms with E-state index in [1.807, 2.05) is 37.3 Å². The van der Waals surface area contributed by atoms with Crippen LogP contribution in [0.1, 0.15) is 5.69 Å². The van der Waals surface area contributed by atoms with Crippen LogP contribution in [0.4, 0.5) is 0 Å². The highest BCUT2D eigenvalue weighted by Crippen LogP contribution is 2.32. The Balaban J connectivity index is 1.88. The summed E-state index contributed by atoms with van der Waals surface area (Å²) >= 11 is 23.9. The van der Waals surface area contributed by atoms with Gasteiger partial charge in [-0.15, -0.1) is 5.10 Å². The minimum absolute atomic E-state index is 0.369. The maximum atomic E-state index is 6.32. The first kappa shape index (κ1) is 18.2. The Morgan fingerprint density at radius 3 is 2.44 bits per heavy atom. The van der Waals surface area contributed by atoms with Crippen molar-refractivity contribution in [2.24, 2.45) is 0 Å². The minimum atomic E-state index is 0.369. The molecule has 1 N–H and O–H groups in total. The maximum absolute atomic E-state index is 6.32. The number of hydrogen-bond donors (Lipinski definition) is 1. The monoisotopic (exact) mass is 436 g/mol. The summed E-state index contributed by atoms with van der Waals surface area (Å²) in [5.74, 6) is 0.547. The minimum Gasteiger partial charge on any atom is -0.267 e. The molecule has 4 rings (SSSR count). The van der Waals surface area contributed by atoms with Crippen molar-refractivity contribution >= 4 is 47.0 Å². The van der Waals surface area contributed by atoms with Gasteiger partial charge >= 0.3 is 0 Å². The van der Waals surface area contributed by atoms with E-state index >= 15 is 0 Å². The Labute approximate surface area is 174 Å². The lowest BCUT2D eigenvalue weighted by Gasteiger charge is -2.08. The van der Waals surface area contributed by atoms with Crippen molar-refractivity contribution in [1.29, 1.82) is 0 Å². The van der Waals surface area contributed by atoms with Gasteiger partial charge in [-0.05, 0) is 43.4 Å². The zero-order valence-electron chi connectivity index (χ0n) is 13.8. The van der Waals surface area contributed by atoms with Gasteiger partial charge in [0.2, 0.25) is 0 Å². The Morgan fingerprint density at radius 1 is 1.00 bits per heavy atom. The van der Waals surface area contributed by atoms with E-state index in [4.69, 9.17) is 47.0 Å². The van der Waals surface area contributed by atoms with E-state index in [1.165, 1.54) is 0 Å². The van der Waals surface area contributed by atoms with Crippen LogP contribution in [0.5, 0.6) is 0 Å². The van der Waals surface area contributed by atoms with Crippen molar-refractivity contribution in [2.45, 2.75) is 6.92 Å². The average molecular weight is 438 g/mol. The largest absolute Gasteiger partial charge is 0.267 e. The lowest BCUT2D eigenvalue weighted by molar-refractivity contribution is 0.785. The fourth-order valence-corrected chi connectivity index (χ4v) is 3.57. The molecule has 0 bridgehead atoms. The van der Waals surface area contributed by atoms with E-state index in [0.29, 0.717) is 37.0 Å². The number of hydrogen-bond acceptors (Lipinski definition) is 4. The molecule has 4 aromatic rings. The van der Waals surface area contributed by atoms with Crippen LogP contribution in [0.3, 0.4) is 0 Å². The Kier molecular flexibility index (Phi) is 4.77. The smallest absolute Gasteiger partial charge is 0.200 e. The van der Waals surface area contributed by atoms with Gasteiger partial charge < -0.3 is 0 Å². The second-order valence-electron chi connectivity index (χ2n) is 5.68. The van der Waals surface area contributed by atoms with Gasteiger partial charge in [-0.1, -0.05) is 58.2 Å². The number of nitrogens with one attached hydrogen (secondary N) is 1. The highest BCUT2D eigenvalue weighted by molar-refractivity contribution is 7.71. The second-order valence-corrected chi connectivity index (χ2v) is 7.28. The first-order valence-electron chi connectivity index (χ1n) is 7.78. The molecule has 0 spiro atoms. The third kappa shape index (κ3) is 3.17. The topological polar surface area (TPSA) is 64.3 Å². The van der Waals surface area contributed by atoms with Crippen molar-refractivity contribution in [3.05, 3.63) is 68.0 Å². The summed E-state index contributed by atoms with van der Waals surface area (Å²) in [4.78, 5) is 0. The van der Waals surface area contributed by atoms with Gasteiger partial charge in [-0.2, -0.15) is 5.10 Å². The van der Waals surface area contributed by atoms with Gasteiger partial charge in [-0.3, -0.25) is 9.67 Å². The maximum Gasteiger partial charge on any atom is 0.200 e. The lowest BCUT2D eigenvalue weighted by Crippen LogP contribution is -2.02. The molecular formula is C17H11Cl3N6S. The standard InChI is InChI=1S/C17H11Cl3N6S/c1-9-15(16-22-23-17(27)25(16)10-5-3-2-4-6-10)21-24-26(9)14-8-12(19)11(18)7-13(14)20/h2-8H,1H3,(H,23,27). The Bertz CT molecular complexity index is 1200. The summed E-state index contributed by atoms with van der Waals surface area (Å²) in [7, 11) is 0. The van der Waals surface area contributed by atoms with Crippen molar-refractivity contribution in [2.75, 3.05) is 0 Å². The fourth-order valence-electron chi connectivity index (χ4n) is 2.71. The molecule has 0 amide bonds. The molecule has 2 heterocycles. The third-order valence-corrected chi connectivity index (χ3v) is 5.31. The number of aromatic nitrogens is 6. The fraction of sp³-hybridized carbons (Fsp3) is 0.0588. The molecule has 0 aliphatic heterocycles. The van der Waals surface area contributed by atoms with E-state index in [1.54, 1.807) is 21.4 Å². The average Bonchev–Trinajstić information content (AvgIpc) is 3.21. The first-order valence-corrected chi connectivity index (χ1v) is 9.32. The predicted molar refractivity (Wildman–Crippen MR) is 109 cm³/mol. The number of H-pyrrole nitrogens is 1. The summed E-state index contributed by atoms with van der Waals surface area (Å²) in [6, 6.07) is 12.9. The van der Waals surface area contributed by atoms with Crippen LogP contribution >= 0.6 is 47.0 Å². The SMILES string of the molecule is Cc1c(-c2n[nH]c(=S)n2-c2ccccc2)nnn1-c1cc(Cl)c(Cl)cc1Cl. The van der Waals surface area contributed by atoms with Gasteiger partial charge in [0, 0.05) is 0 Å². The van der Waals surface area contributed by atoms with E-state index in [-0.39, 0.29) is 0 Å². The van der Waals surface area contributed by atoms with Crippen LogP contribution in [0.25, 0.3) is 22.9 Å². The molecule has 0 aliphatic rings. The summed E-state index contributed by atoms with van der Waals surface area (Å²) in [6.07, 6.45) is 0. The molecular weight excluding hydrogens is 427 g/mol. The highest BCUT2D eigenvalue weighted by Gasteiger charge is 2.20. The predicted octanol–water partition coefficient (Wildman–Crippen LogP) is 5.45. The third-order valence-electron chi connectivity index (χ3n) is 4.01. The Morgan fingerprint density at radius 2 is 1.70 bits per heavy atom. The number of aromatic amines is 1. The zero-order valence-corrected chi connectivity index (χ0v) is 16.9. The van der Waals surface area contributed by atoms with Gasteiger partial charge in [-0.25, -0.2) is 4.68 Å². The van der Waals surface area contributed by atoms with Crippen molar-refractivity contribution < 1.29 is 0 Å². The number of nitrogens with zero attached hydrogens (tertiary/aromatic N) is 5. The zero-order chi connectivity index (χ0) is 19.1. The van der Waals surface area contributed by atoms with Gasteiger partial charge in [0.15, 0.2) is 16.3 Å². The molecule has 27 heavy (non-hydrogen) atoms. The van der Waals surface area contributed by atoms with Crippen LogP contribution in [-0.2, 0) is 0 Å². The van der Waals surface area contributed by atoms with Gasteiger partial charge in [0.1, 0.15) is 0 Å². The first-order chi connectivity index (χ1) is 13.0. The molecule has 0 unspecified atom stereocenters. The van der Waals surface area contributed by atoms with Crippen LogP contribution in [0, 0.1) is 11.7 Å². The van der Waals surface area contributed by atoms with Gasteiger partial charge in [0.25, 0.3) is 0 Å². The van der Waals surface area contributed by atoms with Crippen molar-refractivity contribution in [1.82, 2.24) is 29.8 Å². The van der Waals surface area contributed by atoms with E-state index in [0.717, 1.165) is 11.4 Å². The second kappa shape index (κ2) is 7.09. The molecule has 2 aromatic heterocycles. The normalized spacial score (nSPS) is 11.1. The molecule has 6 nitrogen and oxygen atoms in total. The molecule has 2 aromatic carbocycles. The van der Waals surface area contributed by atoms with Crippen LogP contribution < -0.4 is 0 Å². The molecule has 0 radical (unpaired) electrons. The summed E-state index contributed by atoms with van der Waals surface area (Å²) in [5, 5.41) is 16.8. The quantitative estimate of drug-likeness (QED) is 0.342. The molecule has 0 saturated carbocycles. The van der Waals surface area contributed by atoms with Gasteiger partial charge in [0.05, 0.1) is 32.1 Å². The van der Waals surface area contributed by atoms with Crippen LogP contribution in [-0.4, -0.2) is 29.8 Å². The number of para-hydroxylation sites is 1. The number of rotatable bonds is 3. The molecule has 10 heteroatoms. The highest BCUT2D eigenvalue weighted by atomic mass is 35.5. The summed E-state index contributed by atoms with van der Waals surface area (Å²) in [5.41, 5.74) is 2.73. The van der Waals surface area contributed by atoms with E-state index < -0.39 is 0 Å². The number of halogens is 3. The van der Waals surface area contributed by atoms with Crippen LogP contribution in [0.2, 0.25) is 15.1 Å². The summed E-state index contributed by atoms with van der Waals surface area (Å²) in [6.45, 7) is 1.86. The molecule has 0 fully saturated rings. The Hall–Kier alpha value is -2.19. The molecule has 0 saturated heterocycles. The van der Waals surface area contributed by atoms with E-state index in [9.17, 15) is 0 Å². The van der Waals surface area contributed by atoms with Crippen molar-refractivity contribution in [3.63, 3.8) is 0 Å². The van der Waals surface area contributed by atoms with Crippen molar-refractivity contribution in [3.8, 4) is 22.9 Å². The number of benzene rings is 2. The molecule has 0 aliphatic carbocycles. The molecule has 136 valence electrons.